The van der Waals surface area contributed by atoms with Gasteiger partial charge in [0.1, 0.15) is 5.82 Å². The molecule has 3 heterocycles. The normalized spacial score (nSPS) is 12.5. The van der Waals surface area contributed by atoms with Gasteiger partial charge in [0, 0.05) is 55.1 Å². The number of nitrogens with zero attached hydrogens (tertiary/aromatic N) is 4. The van der Waals surface area contributed by atoms with Crippen LogP contribution in [0.5, 0.6) is 11.5 Å². The van der Waals surface area contributed by atoms with Gasteiger partial charge >= 0.3 is 0 Å². The summed E-state index contributed by atoms with van der Waals surface area (Å²) in [7, 11) is 0. The average molecular weight is 1180 g/mol. The number of fused-ring (bicyclic) bond motifs is 3. The molecule has 3 aromatic heterocycles. The van der Waals surface area contributed by atoms with Crippen LogP contribution in [0.15, 0.2) is 170 Å². The van der Waals surface area contributed by atoms with Crippen LogP contribution in [0.3, 0.4) is 0 Å². The standard InChI is InChI=1S/C70H72N4O.Pt/c1-46(2)57-32-24-33-58(47(3)4)64(57)48-39-54(73-45-72(65(67(5,6)7)66(73)68(8,9)10)53-30-23-29-51(41-53)69(11,12)49-25-17-15-18-26-49)43-56(40-48)75-55-35-36-60-59-31-21-22-34-61(59)74(62(60)44-55)63-42-52(37-38-71-63)70(13,14)50-27-19-16-20-28-50;/h15-42,46-47H,1-14H3;/q-2;. The summed E-state index contributed by atoms with van der Waals surface area (Å²) < 4.78 is 14.0. The fraction of sp³-hybridized carbons (Fsp3) is 0.286. The molecular formula is C70H72N4OPt-2. The van der Waals surface area contributed by atoms with Crippen molar-refractivity contribution in [3.63, 3.8) is 0 Å². The van der Waals surface area contributed by atoms with Crippen molar-refractivity contribution in [1.82, 2.24) is 14.1 Å². The minimum Gasteiger partial charge on any atom is -0.510 e. The Morgan fingerprint density at radius 2 is 1.11 bits per heavy atom. The maximum atomic E-state index is 7.16. The van der Waals surface area contributed by atoms with Crippen molar-refractivity contribution in [3.8, 4) is 39.8 Å². The number of imidazole rings is 1. The van der Waals surface area contributed by atoms with Gasteiger partial charge in [0.15, 0.2) is 0 Å². The summed E-state index contributed by atoms with van der Waals surface area (Å²) in [5.74, 6) is 2.57. The summed E-state index contributed by atoms with van der Waals surface area (Å²) in [6, 6.07) is 66.5. The Labute approximate surface area is 466 Å². The fourth-order valence-corrected chi connectivity index (χ4v) is 11.2. The number of benzene rings is 7. The summed E-state index contributed by atoms with van der Waals surface area (Å²) in [5, 5.41) is 2.20. The van der Waals surface area contributed by atoms with Gasteiger partial charge in [0.25, 0.3) is 6.33 Å². The minimum absolute atomic E-state index is 0. The maximum Gasteiger partial charge on any atom is 0.267 e. The molecule has 0 amide bonds. The van der Waals surface area contributed by atoms with Crippen LogP contribution < -0.4 is 9.30 Å². The van der Waals surface area contributed by atoms with E-state index in [4.69, 9.17) is 9.72 Å². The molecule has 7 aromatic carbocycles. The molecule has 0 aliphatic heterocycles. The van der Waals surface area contributed by atoms with E-state index in [2.05, 4.69) is 287 Å². The second kappa shape index (κ2) is 20.6. The largest absolute Gasteiger partial charge is 0.510 e. The van der Waals surface area contributed by atoms with Crippen molar-refractivity contribution in [3.05, 3.63) is 233 Å². The minimum atomic E-state index is -0.303. The second-order valence-corrected chi connectivity index (χ2v) is 24.2. The molecule has 6 heteroatoms. The first kappa shape index (κ1) is 54.0. The molecule has 0 unspecified atom stereocenters. The molecule has 0 saturated carbocycles. The smallest absolute Gasteiger partial charge is 0.267 e. The van der Waals surface area contributed by atoms with E-state index in [1.807, 2.05) is 12.3 Å². The molecule has 0 radical (unpaired) electrons. The second-order valence-electron chi connectivity index (χ2n) is 24.2. The predicted octanol–water partition coefficient (Wildman–Crippen LogP) is 17.6. The average Bonchev–Trinajstić information content (AvgIpc) is 4.02. The third-order valence-electron chi connectivity index (χ3n) is 15.3. The zero-order valence-electron chi connectivity index (χ0n) is 46.8. The van der Waals surface area contributed by atoms with Crippen LogP contribution in [-0.4, -0.2) is 14.1 Å². The molecule has 0 saturated heterocycles. The first-order valence-electron chi connectivity index (χ1n) is 26.8. The van der Waals surface area contributed by atoms with Gasteiger partial charge in [-0.2, -0.15) is 12.1 Å². The van der Waals surface area contributed by atoms with Crippen molar-refractivity contribution in [1.29, 1.82) is 0 Å². The van der Waals surface area contributed by atoms with Gasteiger partial charge < -0.3 is 13.9 Å². The molecule has 10 aromatic rings. The number of rotatable bonds is 12. The monoisotopic (exact) mass is 1180 g/mol. The zero-order chi connectivity index (χ0) is 53.2. The summed E-state index contributed by atoms with van der Waals surface area (Å²) in [6.07, 6.45) is 5.91. The fourth-order valence-electron chi connectivity index (χ4n) is 11.2. The topological polar surface area (TPSA) is 35.9 Å². The Morgan fingerprint density at radius 3 is 1.71 bits per heavy atom. The third-order valence-corrected chi connectivity index (χ3v) is 15.3. The number of hydrogen-bond acceptors (Lipinski definition) is 2. The molecule has 0 aliphatic rings. The molecule has 0 aliphatic carbocycles. The number of ether oxygens (including phenoxy) is 1. The zero-order valence-corrected chi connectivity index (χ0v) is 49.1. The van der Waals surface area contributed by atoms with Crippen LogP contribution in [0.25, 0.3) is 50.1 Å². The SMILES string of the molecule is CC(C)c1cccc(C(C)C)c1-c1cc(Oc2[c-]c3c(cc2)c2ccccc2n3-c2cc(C(C)(C)c3ccccc3)ccn2)[c-]c(-n2[c-][n+](-c3cccc(C(C)(C)c4ccccc4)c3)c(C(C)(C)C)c2C(C)(C)C)c1.[Pt]. The van der Waals surface area contributed by atoms with Gasteiger partial charge in [-0.25, -0.2) is 4.98 Å². The molecule has 390 valence electrons. The summed E-state index contributed by atoms with van der Waals surface area (Å²) in [5.41, 5.74) is 15.0. The summed E-state index contributed by atoms with van der Waals surface area (Å²) >= 11 is 0. The van der Waals surface area contributed by atoms with Crippen LogP contribution in [0.4, 0.5) is 0 Å². The molecule has 0 bridgehead atoms. The Morgan fingerprint density at radius 1 is 0.526 bits per heavy atom. The van der Waals surface area contributed by atoms with Gasteiger partial charge in [0.05, 0.1) is 17.1 Å². The quantitative estimate of drug-likeness (QED) is 0.0903. The summed E-state index contributed by atoms with van der Waals surface area (Å²) in [6.45, 7) is 32.2. The van der Waals surface area contributed by atoms with E-state index in [-0.39, 0.29) is 54.6 Å². The predicted molar refractivity (Wildman–Crippen MR) is 311 cm³/mol. The van der Waals surface area contributed by atoms with E-state index in [9.17, 15) is 0 Å². The van der Waals surface area contributed by atoms with Gasteiger partial charge in [-0.05, 0) is 103 Å². The van der Waals surface area contributed by atoms with Crippen molar-refractivity contribution in [2.24, 2.45) is 0 Å². The Kier molecular flexibility index (Phi) is 14.6. The number of pyridine rings is 1. The number of aromatic nitrogens is 4. The number of para-hydroxylation sites is 1. The van der Waals surface area contributed by atoms with E-state index >= 15 is 0 Å². The Balaban J connectivity index is 0.00000706. The van der Waals surface area contributed by atoms with E-state index in [1.165, 1.54) is 44.6 Å². The molecule has 76 heavy (non-hydrogen) atoms. The van der Waals surface area contributed by atoms with Gasteiger partial charge in [0.2, 0.25) is 0 Å². The number of hydrogen-bond donors (Lipinski definition) is 0. The third kappa shape index (κ3) is 10.0. The van der Waals surface area contributed by atoms with Crippen molar-refractivity contribution in [2.75, 3.05) is 0 Å². The molecule has 0 fully saturated rings. The molecule has 5 nitrogen and oxygen atoms in total. The van der Waals surface area contributed by atoms with Gasteiger partial charge in [-0.3, -0.25) is 4.57 Å². The first-order chi connectivity index (χ1) is 35.6. The van der Waals surface area contributed by atoms with Crippen molar-refractivity contribution in [2.45, 2.75) is 130 Å². The van der Waals surface area contributed by atoms with Crippen LogP contribution in [0.2, 0.25) is 0 Å². The summed E-state index contributed by atoms with van der Waals surface area (Å²) in [4.78, 5) is 5.03. The van der Waals surface area contributed by atoms with Crippen molar-refractivity contribution >= 4 is 21.8 Å². The van der Waals surface area contributed by atoms with Gasteiger partial charge in [-0.15, -0.1) is 35.2 Å². The van der Waals surface area contributed by atoms with Crippen molar-refractivity contribution < 1.29 is 30.4 Å². The van der Waals surface area contributed by atoms with E-state index in [1.54, 1.807) is 0 Å². The molecular weight excluding hydrogens is 1110 g/mol. The first-order valence-corrected chi connectivity index (χ1v) is 26.8. The van der Waals surface area contributed by atoms with Crippen LogP contribution in [0, 0.1) is 18.5 Å². The Bertz CT molecular complexity index is 3690. The van der Waals surface area contributed by atoms with Crippen LogP contribution in [0.1, 0.15) is 154 Å². The van der Waals surface area contributed by atoms with Crippen LogP contribution >= 0.6 is 0 Å². The molecule has 0 N–H and O–H groups in total. The van der Waals surface area contributed by atoms with E-state index < -0.39 is 0 Å². The van der Waals surface area contributed by atoms with E-state index in [0.29, 0.717) is 11.5 Å². The molecule has 10 rings (SSSR count). The van der Waals surface area contributed by atoms with Crippen LogP contribution in [-0.2, 0) is 42.7 Å². The maximum absolute atomic E-state index is 7.16. The molecule has 0 atom stereocenters. The Hall–Kier alpha value is -6.81. The van der Waals surface area contributed by atoms with Gasteiger partial charge in [-0.1, -0.05) is 212 Å². The van der Waals surface area contributed by atoms with E-state index in [0.717, 1.165) is 50.3 Å². The molecule has 0 spiro atoms.